The molecule has 0 aliphatic carbocycles. The number of carbonyl (C=O) groups excluding carboxylic acids is 1. The molecule has 1 aliphatic rings. The molecular formula is C17H22N4O4S. The predicted molar refractivity (Wildman–Crippen MR) is 98.8 cm³/mol. The van der Waals surface area contributed by atoms with Gasteiger partial charge in [-0.15, -0.1) is 5.10 Å². The van der Waals surface area contributed by atoms with Gasteiger partial charge < -0.3 is 14.8 Å². The van der Waals surface area contributed by atoms with Gasteiger partial charge in [-0.05, 0) is 44.0 Å². The Balaban J connectivity index is 1.62. The summed E-state index contributed by atoms with van der Waals surface area (Å²) in [5, 5.41) is 9.41. The van der Waals surface area contributed by atoms with Crippen LogP contribution in [0, 0.1) is 0 Å². The molecule has 1 fully saturated rings. The Morgan fingerprint density at radius 1 is 1.50 bits per heavy atom. The summed E-state index contributed by atoms with van der Waals surface area (Å²) in [5.74, 6) is 0.555. The van der Waals surface area contributed by atoms with E-state index in [0.29, 0.717) is 17.4 Å². The van der Waals surface area contributed by atoms with Crippen LogP contribution in [0.25, 0.3) is 0 Å². The van der Waals surface area contributed by atoms with Crippen LogP contribution in [-0.2, 0) is 16.1 Å². The van der Waals surface area contributed by atoms with Crippen molar-refractivity contribution >= 4 is 23.4 Å². The van der Waals surface area contributed by atoms with E-state index in [1.807, 2.05) is 0 Å². The Morgan fingerprint density at radius 2 is 2.27 bits per heavy atom. The van der Waals surface area contributed by atoms with E-state index >= 15 is 0 Å². The molecule has 0 radical (unpaired) electrons. The normalized spacial score (nSPS) is 17.8. The predicted octanol–water partition coefficient (Wildman–Crippen LogP) is 1.88. The van der Waals surface area contributed by atoms with Crippen LogP contribution in [0.2, 0.25) is 0 Å². The van der Waals surface area contributed by atoms with Crippen molar-refractivity contribution in [1.29, 1.82) is 0 Å². The Hall–Kier alpha value is -2.26. The number of hydrogen-bond acceptors (Lipinski definition) is 6. The zero-order valence-electron chi connectivity index (χ0n) is 14.7. The van der Waals surface area contributed by atoms with E-state index < -0.39 is 5.25 Å². The number of anilines is 1. The molecule has 1 aromatic carbocycles. The average Bonchev–Trinajstić information content (AvgIpc) is 3.28. The van der Waals surface area contributed by atoms with Gasteiger partial charge in [0.2, 0.25) is 5.91 Å². The third kappa shape index (κ3) is 4.47. The number of aromatic nitrogens is 3. The van der Waals surface area contributed by atoms with Crippen molar-refractivity contribution in [1.82, 2.24) is 14.8 Å². The highest BCUT2D eigenvalue weighted by Gasteiger charge is 2.23. The minimum absolute atomic E-state index is 0.0214. The lowest BCUT2D eigenvalue weighted by Crippen LogP contribution is -2.26. The van der Waals surface area contributed by atoms with Gasteiger partial charge in [0.05, 0.1) is 25.0 Å². The molecule has 9 heteroatoms. The number of thioether (sulfide) groups is 1. The minimum Gasteiger partial charge on any atom is -0.497 e. The molecule has 140 valence electrons. The van der Waals surface area contributed by atoms with Gasteiger partial charge in [0.1, 0.15) is 5.75 Å². The maximum absolute atomic E-state index is 12.4. The molecule has 1 aromatic heterocycles. The number of aromatic amines is 1. The summed E-state index contributed by atoms with van der Waals surface area (Å²) in [6.45, 7) is 2.95. The van der Waals surface area contributed by atoms with Crippen LogP contribution in [0.4, 0.5) is 5.69 Å². The molecule has 26 heavy (non-hydrogen) atoms. The highest BCUT2D eigenvalue weighted by atomic mass is 32.2. The Labute approximate surface area is 155 Å². The largest absolute Gasteiger partial charge is 0.497 e. The van der Waals surface area contributed by atoms with Crippen LogP contribution in [0.5, 0.6) is 5.75 Å². The average molecular weight is 378 g/mol. The third-order valence-electron chi connectivity index (χ3n) is 4.14. The van der Waals surface area contributed by atoms with Crippen LogP contribution in [0.1, 0.15) is 19.8 Å². The van der Waals surface area contributed by atoms with Crippen molar-refractivity contribution < 1.29 is 14.3 Å². The van der Waals surface area contributed by atoms with Crippen molar-refractivity contribution in [3.8, 4) is 5.75 Å². The van der Waals surface area contributed by atoms with Crippen molar-refractivity contribution in [3.63, 3.8) is 0 Å². The zero-order chi connectivity index (χ0) is 18.5. The molecule has 2 aromatic rings. The van der Waals surface area contributed by atoms with E-state index in [1.54, 1.807) is 38.3 Å². The monoisotopic (exact) mass is 378 g/mol. The van der Waals surface area contributed by atoms with E-state index in [2.05, 4.69) is 15.5 Å². The molecular weight excluding hydrogens is 356 g/mol. The van der Waals surface area contributed by atoms with Crippen LogP contribution >= 0.6 is 11.8 Å². The Bertz CT molecular complexity index is 796. The van der Waals surface area contributed by atoms with E-state index in [9.17, 15) is 9.59 Å². The van der Waals surface area contributed by atoms with Crippen LogP contribution in [0.3, 0.4) is 0 Å². The smallest absolute Gasteiger partial charge is 0.344 e. The first-order valence-corrected chi connectivity index (χ1v) is 9.33. The second kappa shape index (κ2) is 8.41. The van der Waals surface area contributed by atoms with Gasteiger partial charge in [0, 0.05) is 12.3 Å². The number of carbonyl (C=O) groups is 1. The molecule has 1 saturated heterocycles. The van der Waals surface area contributed by atoms with E-state index in [-0.39, 0.29) is 17.7 Å². The molecule has 0 saturated carbocycles. The van der Waals surface area contributed by atoms with Gasteiger partial charge in [-0.1, -0.05) is 11.8 Å². The number of rotatable bonds is 7. The lowest BCUT2D eigenvalue weighted by molar-refractivity contribution is -0.115. The fourth-order valence-electron chi connectivity index (χ4n) is 2.68. The minimum atomic E-state index is -0.421. The number of H-pyrrole nitrogens is 1. The first-order chi connectivity index (χ1) is 12.6. The number of ether oxygens (including phenoxy) is 2. The fourth-order valence-corrected chi connectivity index (χ4v) is 3.54. The number of nitrogens with zero attached hydrogens (tertiary/aromatic N) is 2. The highest BCUT2D eigenvalue weighted by Crippen LogP contribution is 2.23. The molecule has 0 spiro atoms. The van der Waals surface area contributed by atoms with Crippen molar-refractivity contribution in [3.05, 3.63) is 34.7 Å². The first kappa shape index (κ1) is 18.5. The highest BCUT2D eigenvalue weighted by molar-refractivity contribution is 8.00. The lowest BCUT2D eigenvalue weighted by atomic mass is 10.2. The first-order valence-electron chi connectivity index (χ1n) is 8.45. The van der Waals surface area contributed by atoms with Crippen molar-refractivity contribution in [2.24, 2.45) is 0 Å². The summed E-state index contributed by atoms with van der Waals surface area (Å²) in [6.07, 6.45) is 1.95. The standard InChI is InChI=1S/C17H22N4O4S/c1-11(15(22)18-12-5-7-13(24-2)8-6-12)26-17-20-19-16(23)21(17)10-14-4-3-9-25-14/h5-8,11,14H,3-4,9-10H2,1-2H3,(H,18,22)(H,19,23)/t11-,14+/m1/s1. The molecule has 1 amide bonds. The van der Waals surface area contributed by atoms with Crippen molar-refractivity contribution in [2.75, 3.05) is 19.0 Å². The van der Waals surface area contributed by atoms with Gasteiger partial charge in [0.25, 0.3) is 0 Å². The van der Waals surface area contributed by atoms with Gasteiger partial charge in [0.15, 0.2) is 5.16 Å². The summed E-state index contributed by atoms with van der Waals surface area (Å²) in [6, 6.07) is 7.10. The molecule has 2 N–H and O–H groups in total. The van der Waals surface area contributed by atoms with Gasteiger partial charge in [-0.25, -0.2) is 9.89 Å². The van der Waals surface area contributed by atoms with E-state index in [4.69, 9.17) is 9.47 Å². The maximum atomic E-state index is 12.4. The van der Waals surface area contributed by atoms with Crippen LogP contribution < -0.4 is 15.7 Å². The number of methoxy groups -OCH3 is 1. The molecule has 0 unspecified atom stereocenters. The SMILES string of the molecule is COc1ccc(NC(=O)[C@@H](C)Sc2n[nH]c(=O)n2C[C@@H]2CCCO2)cc1. The van der Waals surface area contributed by atoms with Gasteiger partial charge in [-0.3, -0.25) is 9.36 Å². The second-order valence-corrected chi connectivity index (χ2v) is 7.34. The van der Waals surface area contributed by atoms with E-state index in [0.717, 1.165) is 25.2 Å². The Kier molecular flexibility index (Phi) is 6.00. The quantitative estimate of drug-likeness (QED) is 0.714. The topological polar surface area (TPSA) is 98.2 Å². The fraction of sp³-hybridized carbons (Fsp3) is 0.471. The summed E-state index contributed by atoms with van der Waals surface area (Å²) >= 11 is 1.24. The summed E-state index contributed by atoms with van der Waals surface area (Å²) in [7, 11) is 1.59. The molecule has 0 bridgehead atoms. The van der Waals surface area contributed by atoms with E-state index in [1.165, 1.54) is 16.3 Å². The summed E-state index contributed by atoms with van der Waals surface area (Å²) in [4.78, 5) is 24.4. The van der Waals surface area contributed by atoms with Gasteiger partial charge in [-0.2, -0.15) is 0 Å². The molecule has 2 heterocycles. The third-order valence-corrected chi connectivity index (χ3v) is 5.23. The molecule has 8 nitrogen and oxygen atoms in total. The number of amides is 1. The van der Waals surface area contributed by atoms with Crippen molar-refractivity contribution in [2.45, 2.75) is 42.8 Å². The summed E-state index contributed by atoms with van der Waals surface area (Å²) in [5.41, 5.74) is 0.396. The summed E-state index contributed by atoms with van der Waals surface area (Å²) < 4.78 is 12.2. The molecule has 3 rings (SSSR count). The molecule has 2 atom stereocenters. The number of benzene rings is 1. The number of nitrogens with one attached hydrogen (secondary N) is 2. The maximum Gasteiger partial charge on any atom is 0.344 e. The Morgan fingerprint density at radius 3 is 2.92 bits per heavy atom. The molecule has 1 aliphatic heterocycles. The van der Waals surface area contributed by atoms with Crippen LogP contribution in [0.15, 0.2) is 34.2 Å². The number of hydrogen-bond donors (Lipinski definition) is 2. The second-order valence-electron chi connectivity index (χ2n) is 6.03. The van der Waals surface area contributed by atoms with Crippen LogP contribution in [-0.4, -0.2) is 45.7 Å². The van der Waals surface area contributed by atoms with Gasteiger partial charge >= 0.3 is 5.69 Å². The lowest BCUT2D eigenvalue weighted by Gasteiger charge is -2.14. The zero-order valence-corrected chi connectivity index (χ0v) is 15.5.